The Morgan fingerprint density at radius 2 is 1.83 bits per heavy atom. The number of aromatic nitrogens is 1. The fourth-order valence-electron chi connectivity index (χ4n) is 5.79. The second-order valence-corrected chi connectivity index (χ2v) is 9.62. The number of carbonyl (C=O) groups is 1. The highest BCUT2D eigenvalue weighted by Crippen LogP contribution is 2.43. The van der Waals surface area contributed by atoms with E-state index in [9.17, 15) is 4.79 Å². The van der Waals surface area contributed by atoms with Gasteiger partial charge in [-0.3, -0.25) is 4.79 Å². The van der Waals surface area contributed by atoms with Crippen LogP contribution in [0.2, 0.25) is 0 Å². The molecule has 3 atom stereocenters. The van der Waals surface area contributed by atoms with Crippen molar-refractivity contribution in [3.8, 4) is 0 Å². The highest BCUT2D eigenvalue weighted by Gasteiger charge is 2.55. The number of hydrogen-bond donors (Lipinski definition) is 1. The molecule has 0 aliphatic carbocycles. The van der Waals surface area contributed by atoms with Crippen LogP contribution in [0.3, 0.4) is 0 Å². The average Bonchev–Trinajstić information content (AvgIpc) is 3.08. The lowest BCUT2D eigenvalue weighted by Gasteiger charge is -2.55. The molecule has 148 valence electrons. The summed E-state index contributed by atoms with van der Waals surface area (Å²) in [5.41, 5.74) is 4.74. The molecule has 0 radical (unpaired) electrons. The third kappa shape index (κ3) is 2.81. The minimum atomic E-state index is -0.0562. The Kier molecular flexibility index (Phi) is 4.01. The summed E-state index contributed by atoms with van der Waals surface area (Å²) in [6.07, 6.45) is 0. The molecule has 4 fully saturated rings. The van der Waals surface area contributed by atoms with E-state index in [1.807, 2.05) is 23.7 Å². The Hall–Kier alpha value is -2.28. The van der Waals surface area contributed by atoms with E-state index < -0.39 is 0 Å². The molecule has 4 bridgehead atoms. The van der Waals surface area contributed by atoms with Gasteiger partial charge in [0.05, 0.1) is 15.7 Å². The van der Waals surface area contributed by atoms with Gasteiger partial charge in [-0.05, 0) is 23.8 Å². The maximum Gasteiger partial charge on any atom is 0.251 e. The summed E-state index contributed by atoms with van der Waals surface area (Å²) in [5.74, 6) is 0.475. The first-order chi connectivity index (χ1) is 14.2. The molecule has 2 aromatic carbocycles. The van der Waals surface area contributed by atoms with Crippen molar-refractivity contribution in [3.05, 3.63) is 65.2 Å². The van der Waals surface area contributed by atoms with Gasteiger partial charge in [0.15, 0.2) is 0 Å². The van der Waals surface area contributed by atoms with Crippen molar-refractivity contribution in [1.29, 1.82) is 0 Å². The zero-order valence-electron chi connectivity index (χ0n) is 16.3. The predicted molar refractivity (Wildman–Crippen MR) is 115 cm³/mol. The standard InChI is InChI=1S/C23H24N4OS/c28-22(16-6-7-20-19(10-16)24-15-29-20)25-21-17-11-26-8-9-27(12-17)14-23(21,13-26)18-4-2-1-3-5-18/h1-7,10,15,17,21H,8-9,11-14H2,(H,25,28)/t17?,21-,23?/m1/s1. The van der Waals surface area contributed by atoms with Gasteiger partial charge >= 0.3 is 0 Å². The van der Waals surface area contributed by atoms with Gasteiger partial charge in [0.2, 0.25) is 0 Å². The number of nitrogens with zero attached hydrogens (tertiary/aromatic N) is 3. The molecule has 7 rings (SSSR count). The smallest absolute Gasteiger partial charge is 0.251 e. The van der Waals surface area contributed by atoms with Gasteiger partial charge in [-0.1, -0.05) is 30.3 Å². The molecule has 3 aromatic rings. The Morgan fingerprint density at radius 1 is 1.07 bits per heavy atom. The van der Waals surface area contributed by atoms with E-state index in [4.69, 9.17) is 0 Å². The Balaban J connectivity index is 1.38. The number of rotatable bonds is 3. The molecule has 29 heavy (non-hydrogen) atoms. The van der Waals surface area contributed by atoms with Crippen LogP contribution in [-0.4, -0.2) is 66.0 Å². The number of nitrogens with one attached hydrogen (secondary N) is 1. The predicted octanol–water partition coefficient (Wildman–Crippen LogP) is 2.59. The minimum Gasteiger partial charge on any atom is -0.348 e. The number of fused-ring (bicyclic) bond motifs is 2. The van der Waals surface area contributed by atoms with Crippen LogP contribution in [0.15, 0.2) is 54.0 Å². The van der Waals surface area contributed by atoms with Gasteiger partial charge in [-0.2, -0.15) is 0 Å². The van der Waals surface area contributed by atoms with Crippen LogP contribution >= 0.6 is 11.3 Å². The molecule has 2 unspecified atom stereocenters. The van der Waals surface area contributed by atoms with Crippen LogP contribution in [-0.2, 0) is 5.41 Å². The molecule has 5 heterocycles. The maximum atomic E-state index is 13.3. The topological polar surface area (TPSA) is 48.5 Å². The zero-order valence-corrected chi connectivity index (χ0v) is 17.1. The van der Waals surface area contributed by atoms with E-state index in [1.54, 1.807) is 11.3 Å². The van der Waals surface area contributed by atoms with Crippen LogP contribution in [0.5, 0.6) is 0 Å². The van der Waals surface area contributed by atoms with Crippen LogP contribution in [0, 0.1) is 5.92 Å². The highest BCUT2D eigenvalue weighted by atomic mass is 32.1. The molecular weight excluding hydrogens is 380 g/mol. The molecular formula is C23H24N4OS. The van der Waals surface area contributed by atoms with Crippen molar-refractivity contribution < 1.29 is 4.79 Å². The van der Waals surface area contributed by atoms with E-state index >= 15 is 0 Å². The Morgan fingerprint density at radius 3 is 2.59 bits per heavy atom. The van der Waals surface area contributed by atoms with Crippen LogP contribution in [0.25, 0.3) is 10.2 Å². The van der Waals surface area contributed by atoms with E-state index in [-0.39, 0.29) is 17.4 Å². The van der Waals surface area contributed by atoms with Crippen LogP contribution in [0.4, 0.5) is 0 Å². The van der Waals surface area contributed by atoms with Gasteiger partial charge < -0.3 is 15.1 Å². The first-order valence-corrected chi connectivity index (χ1v) is 11.2. The van der Waals surface area contributed by atoms with Gasteiger partial charge in [0, 0.05) is 62.2 Å². The van der Waals surface area contributed by atoms with Crippen LogP contribution < -0.4 is 5.32 Å². The lowest BCUT2D eigenvalue weighted by molar-refractivity contribution is 0.0180. The molecule has 1 aromatic heterocycles. The minimum absolute atomic E-state index is 0.0244. The molecule has 4 aliphatic heterocycles. The van der Waals surface area contributed by atoms with Gasteiger partial charge in [-0.25, -0.2) is 4.98 Å². The first-order valence-electron chi connectivity index (χ1n) is 10.4. The summed E-state index contributed by atoms with van der Waals surface area (Å²) in [6.45, 7) is 6.43. The number of thiazole rings is 1. The van der Waals surface area contributed by atoms with E-state index in [2.05, 4.69) is 50.4 Å². The normalized spacial score (nSPS) is 33.0. The largest absolute Gasteiger partial charge is 0.348 e. The summed E-state index contributed by atoms with van der Waals surface area (Å²) in [4.78, 5) is 22.9. The van der Waals surface area contributed by atoms with E-state index in [0.29, 0.717) is 11.5 Å². The number of piperidine rings is 2. The molecule has 6 heteroatoms. The zero-order chi connectivity index (χ0) is 19.4. The van der Waals surface area contributed by atoms with Crippen molar-refractivity contribution >= 4 is 27.5 Å². The summed E-state index contributed by atoms with van der Waals surface area (Å²) in [5, 5.41) is 3.49. The van der Waals surface area contributed by atoms with Crippen molar-refractivity contribution in [2.24, 2.45) is 5.92 Å². The SMILES string of the molecule is O=C(N[C@@H]1C2CN3CCN(C2)CC1(c1ccccc1)C3)c1ccc2scnc2c1. The third-order valence-corrected chi connectivity index (χ3v) is 7.83. The monoisotopic (exact) mass is 404 g/mol. The third-order valence-electron chi connectivity index (χ3n) is 7.02. The first kappa shape index (κ1) is 17.6. The molecule has 5 nitrogen and oxygen atoms in total. The number of hydrogen-bond acceptors (Lipinski definition) is 5. The van der Waals surface area contributed by atoms with Crippen LogP contribution in [0.1, 0.15) is 15.9 Å². The fraction of sp³-hybridized carbons (Fsp3) is 0.391. The second-order valence-electron chi connectivity index (χ2n) is 8.74. The van der Waals surface area contributed by atoms with Gasteiger partial charge in [0.1, 0.15) is 0 Å². The van der Waals surface area contributed by atoms with Crippen molar-refractivity contribution in [2.45, 2.75) is 11.5 Å². The second kappa shape index (κ2) is 6.62. The van der Waals surface area contributed by atoms with Crippen molar-refractivity contribution in [3.63, 3.8) is 0 Å². The van der Waals surface area contributed by atoms with Crippen molar-refractivity contribution in [2.75, 3.05) is 39.3 Å². The fourth-order valence-corrected chi connectivity index (χ4v) is 6.45. The number of amides is 1. The summed E-state index contributed by atoms with van der Waals surface area (Å²) in [6, 6.07) is 16.8. The summed E-state index contributed by atoms with van der Waals surface area (Å²) in [7, 11) is 0. The Labute approximate surface area is 174 Å². The molecule has 0 spiro atoms. The summed E-state index contributed by atoms with van der Waals surface area (Å²) < 4.78 is 1.12. The number of carbonyl (C=O) groups excluding carboxylic acids is 1. The average molecular weight is 405 g/mol. The number of benzene rings is 2. The lowest BCUT2D eigenvalue weighted by Crippen LogP contribution is -2.70. The molecule has 0 saturated carbocycles. The highest BCUT2D eigenvalue weighted by molar-refractivity contribution is 7.16. The van der Waals surface area contributed by atoms with E-state index in [1.165, 1.54) is 5.56 Å². The lowest BCUT2D eigenvalue weighted by atomic mass is 9.64. The van der Waals surface area contributed by atoms with Crippen molar-refractivity contribution in [1.82, 2.24) is 20.1 Å². The van der Waals surface area contributed by atoms with Gasteiger partial charge in [0.25, 0.3) is 5.91 Å². The van der Waals surface area contributed by atoms with Gasteiger partial charge in [-0.15, -0.1) is 11.3 Å². The molecule has 1 N–H and O–H groups in total. The summed E-state index contributed by atoms with van der Waals surface area (Å²) >= 11 is 1.61. The molecule has 4 saturated heterocycles. The maximum absolute atomic E-state index is 13.3. The molecule has 1 amide bonds. The quantitative estimate of drug-likeness (QED) is 0.729. The Bertz CT molecular complexity index is 1050. The van der Waals surface area contributed by atoms with E-state index in [0.717, 1.165) is 49.5 Å². The molecule has 4 aliphatic rings.